The molecule has 0 spiro atoms. The molecule has 2 aromatic carbocycles. The molecule has 1 saturated carbocycles. The van der Waals surface area contributed by atoms with Crippen molar-refractivity contribution in [2.24, 2.45) is 11.8 Å². The molecular weight excluding hydrogens is 396 g/mol. The molecule has 1 N–H and O–H groups in total. The van der Waals surface area contributed by atoms with Crippen molar-refractivity contribution in [3.8, 4) is 0 Å². The molecule has 1 saturated heterocycles. The largest absolute Gasteiger partial charge is 0.452 e. The van der Waals surface area contributed by atoms with Crippen molar-refractivity contribution in [3.63, 3.8) is 0 Å². The SMILES string of the molecule is Cc1cccc(NC(=O)COC(=O)c2cccc(N3C(=O)[C@H]4CCCC[C@@H]4C3=O)c2)c1. The lowest BCUT2D eigenvalue weighted by Crippen LogP contribution is -2.31. The lowest BCUT2D eigenvalue weighted by atomic mass is 9.81. The van der Waals surface area contributed by atoms with E-state index in [1.807, 2.05) is 25.1 Å². The molecule has 2 aliphatic rings. The molecule has 7 heteroatoms. The number of amides is 3. The second-order valence-corrected chi connectivity index (χ2v) is 8.05. The Morgan fingerprint density at radius 2 is 1.68 bits per heavy atom. The number of carbonyl (C=O) groups is 4. The average molecular weight is 420 g/mol. The van der Waals surface area contributed by atoms with E-state index >= 15 is 0 Å². The summed E-state index contributed by atoms with van der Waals surface area (Å²) in [4.78, 5) is 51.3. The molecule has 2 aromatic rings. The van der Waals surface area contributed by atoms with E-state index in [4.69, 9.17) is 4.74 Å². The summed E-state index contributed by atoms with van der Waals surface area (Å²) in [6.07, 6.45) is 3.35. The first-order valence-electron chi connectivity index (χ1n) is 10.5. The van der Waals surface area contributed by atoms with Gasteiger partial charge in [0, 0.05) is 5.69 Å². The number of fused-ring (bicyclic) bond motifs is 1. The Balaban J connectivity index is 1.41. The Labute approximate surface area is 180 Å². The maximum absolute atomic E-state index is 12.8. The molecule has 2 fully saturated rings. The van der Waals surface area contributed by atoms with Crippen molar-refractivity contribution < 1.29 is 23.9 Å². The monoisotopic (exact) mass is 420 g/mol. The molecule has 7 nitrogen and oxygen atoms in total. The third-order valence-corrected chi connectivity index (χ3v) is 5.82. The summed E-state index contributed by atoms with van der Waals surface area (Å²) < 4.78 is 5.12. The van der Waals surface area contributed by atoms with Crippen LogP contribution in [0.15, 0.2) is 48.5 Å². The fourth-order valence-corrected chi connectivity index (χ4v) is 4.32. The first-order chi connectivity index (χ1) is 14.9. The maximum Gasteiger partial charge on any atom is 0.338 e. The Hall–Kier alpha value is -3.48. The number of hydrogen-bond donors (Lipinski definition) is 1. The van der Waals surface area contributed by atoms with Gasteiger partial charge >= 0.3 is 5.97 Å². The Morgan fingerprint density at radius 3 is 2.35 bits per heavy atom. The molecule has 0 radical (unpaired) electrons. The van der Waals surface area contributed by atoms with E-state index in [0.29, 0.717) is 11.4 Å². The van der Waals surface area contributed by atoms with E-state index in [2.05, 4.69) is 5.32 Å². The van der Waals surface area contributed by atoms with Crippen LogP contribution in [0.4, 0.5) is 11.4 Å². The molecule has 0 aromatic heterocycles. The first-order valence-corrected chi connectivity index (χ1v) is 10.5. The summed E-state index contributed by atoms with van der Waals surface area (Å²) in [6, 6.07) is 13.5. The highest BCUT2D eigenvalue weighted by Gasteiger charge is 2.48. The molecule has 3 amide bonds. The number of esters is 1. The second-order valence-electron chi connectivity index (χ2n) is 8.05. The van der Waals surface area contributed by atoms with Gasteiger partial charge < -0.3 is 10.1 Å². The first kappa shape index (κ1) is 20.8. The van der Waals surface area contributed by atoms with Crippen LogP contribution < -0.4 is 10.2 Å². The number of ether oxygens (including phenoxy) is 1. The molecule has 1 heterocycles. The van der Waals surface area contributed by atoms with Crippen LogP contribution in [0.5, 0.6) is 0 Å². The zero-order chi connectivity index (χ0) is 22.0. The van der Waals surface area contributed by atoms with E-state index in [1.165, 1.54) is 17.0 Å². The average Bonchev–Trinajstić information content (AvgIpc) is 3.02. The Kier molecular flexibility index (Phi) is 5.84. The van der Waals surface area contributed by atoms with Crippen LogP contribution in [0.25, 0.3) is 0 Å². The minimum Gasteiger partial charge on any atom is -0.452 e. The van der Waals surface area contributed by atoms with Crippen molar-refractivity contribution in [1.29, 1.82) is 0 Å². The van der Waals surface area contributed by atoms with Crippen molar-refractivity contribution in [2.75, 3.05) is 16.8 Å². The van der Waals surface area contributed by atoms with E-state index in [9.17, 15) is 19.2 Å². The van der Waals surface area contributed by atoms with Crippen LogP contribution in [0, 0.1) is 18.8 Å². The third kappa shape index (κ3) is 4.35. The predicted molar refractivity (Wildman–Crippen MR) is 114 cm³/mol. The molecule has 31 heavy (non-hydrogen) atoms. The smallest absolute Gasteiger partial charge is 0.338 e. The molecule has 1 aliphatic carbocycles. The van der Waals surface area contributed by atoms with Gasteiger partial charge in [0.2, 0.25) is 11.8 Å². The van der Waals surface area contributed by atoms with Crippen LogP contribution in [0.2, 0.25) is 0 Å². The van der Waals surface area contributed by atoms with Gasteiger partial charge in [0.25, 0.3) is 5.91 Å². The normalized spacial score (nSPS) is 20.4. The number of imide groups is 1. The van der Waals surface area contributed by atoms with Crippen molar-refractivity contribution in [1.82, 2.24) is 0 Å². The summed E-state index contributed by atoms with van der Waals surface area (Å²) in [6.45, 7) is 1.47. The third-order valence-electron chi connectivity index (χ3n) is 5.82. The van der Waals surface area contributed by atoms with Gasteiger partial charge in [-0.2, -0.15) is 0 Å². The highest BCUT2D eigenvalue weighted by atomic mass is 16.5. The van der Waals surface area contributed by atoms with Crippen LogP contribution in [0.3, 0.4) is 0 Å². The summed E-state index contributed by atoms with van der Waals surface area (Å²) in [5, 5.41) is 2.67. The number of anilines is 2. The molecular formula is C24H24N2O5. The quantitative estimate of drug-likeness (QED) is 0.591. The molecule has 4 rings (SSSR count). The van der Waals surface area contributed by atoms with E-state index in [1.54, 1.807) is 18.2 Å². The van der Waals surface area contributed by atoms with Crippen molar-refractivity contribution in [2.45, 2.75) is 32.6 Å². The molecule has 0 unspecified atom stereocenters. The van der Waals surface area contributed by atoms with Gasteiger partial charge in [-0.3, -0.25) is 19.3 Å². The van der Waals surface area contributed by atoms with Crippen LogP contribution >= 0.6 is 0 Å². The number of nitrogens with one attached hydrogen (secondary N) is 1. The standard InChI is InChI=1S/C24H24N2O5/c1-15-6-4-8-17(12-15)25-21(27)14-31-24(30)16-7-5-9-18(13-16)26-22(28)19-10-2-3-11-20(19)23(26)29/h4-9,12-13,19-20H,2-3,10-11,14H2,1H3,(H,25,27)/t19-,20-/m0/s1. The summed E-state index contributed by atoms with van der Waals surface area (Å²) in [7, 11) is 0. The van der Waals surface area contributed by atoms with Gasteiger partial charge in [0.1, 0.15) is 0 Å². The molecule has 0 bridgehead atoms. The highest BCUT2D eigenvalue weighted by Crippen LogP contribution is 2.40. The fourth-order valence-electron chi connectivity index (χ4n) is 4.32. The van der Waals surface area contributed by atoms with Crippen molar-refractivity contribution >= 4 is 35.1 Å². The van der Waals surface area contributed by atoms with Crippen LogP contribution in [0.1, 0.15) is 41.6 Å². The van der Waals surface area contributed by atoms with E-state index in [0.717, 1.165) is 31.2 Å². The minimum absolute atomic E-state index is 0.177. The van der Waals surface area contributed by atoms with E-state index in [-0.39, 0.29) is 29.2 Å². The molecule has 2 atom stereocenters. The number of rotatable bonds is 5. The zero-order valence-electron chi connectivity index (χ0n) is 17.3. The topological polar surface area (TPSA) is 92.8 Å². The zero-order valence-corrected chi connectivity index (χ0v) is 17.3. The maximum atomic E-state index is 12.8. The van der Waals surface area contributed by atoms with Crippen LogP contribution in [-0.4, -0.2) is 30.3 Å². The van der Waals surface area contributed by atoms with Gasteiger partial charge in [0.05, 0.1) is 23.1 Å². The molecule has 1 aliphatic heterocycles. The highest BCUT2D eigenvalue weighted by molar-refractivity contribution is 6.22. The van der Waals surface area contributed by atoms with Gasteiger partial charge in [-0.1, -0.05) is 31.0 Å². The van der Waals surface area contributed by atoms with E-state index < -0.39 is 18.5 Å². The van der Waals surface area contributed by atoms with Gasteiger partial charge in [-0.05, 0) is 55.7 Å². The summed E-state index contributed by atoms with van der Waals surface area (Å²) in [5.41, 5.74) is 2.16. The predicted octanol–water partition coefficient (Wildman–Crippen LogP) is 3.47. The summed E-state index contributed by atoms with van der Waals surface area (Å²) in [5.74, 6) is -2.07. The van der Waals surface area contributed by atoms with Gasteiger partial charge in [-0.15, -0.1) is 0 Å². The molecule has 160 valence electrons. The van der Waals surface area contributed by atoms with Crippen LogP contribution in [-0.2, 0) is 19.1 Å². The Morgan fingerprint density at radius 1 is 1.00 bits per heavy atom. The minimum atomic E-state index is -0.697. The Bertz CT molecular complexity index is 1020. The lowest BCUT2D eigenvalue weighted by Gasteiger charge is -2.19. The fraction of sp³-hybridized carbons (Fsp3) is 0.333. The summed E-state index contributed by atoms with van der Waals surface area (Å²) >= 11 is 0. The number of hydrogen-bond acceptors (Lipinski definition) is 5. The van der Waals surface area contributed by atoms with Crippen molar-refractivity contribution in [3.05, 3.63) is 59.7 Å². The number of benzene rings is 2. The number of aryl methyl sites for hydroxylation is 1. The number of nitrogens with zero attached hydrogens (tertiary/aromatic N) is 1. The second kappa shape index (κ2) is 8.71. The number of carbonyl (C=O) groups excluding carboxylic acids is 4. The lowest BCUT2D eigenvalue weighted by molar-refractivity contribution is -0.122. The van der Waals surface area contributed by atoms with Gasteiger partial charge in [0.15, 0.2) is 6.61 Å². The van der Waals surface area contributed by atoms with Gasteiger partial charge in [-0.25, -0.2) is 4.79 Å².